The summed E-state index contributed by atoms with van der Waals surface area (Å²) in [5.41, 5.74) is 2.78. The van der Waals surface area contributed by atoms with E-state index in [0.29, 0.717) is 5.69 Å². The average molecular weight is 353 g/mol. The fourth-order valence-electron chi connectivity index (χ4n) is 2.81. The summed E-state index contributed by atoms with van der Waals surface area (Å²) in [6.45, 7) is 4.70. The summed E-state index contributed by atoms with van der Waals surface area (Å²) in [6.07, 6.45) is 1.65. The number of piperazine rings is 1. The molecule has 1 aliphatic rings. The molecule has 136 valence electrons. The highest BCUT2D eigenvalue weighted by molar-refractivity contribution is 5.92. The first-order valence-electron chi connectivity index (χ1n) is 8.60. The second-order valence-electron chi connectivity index (χ2n) is 6.41. The molecule has 1 aromatic heterocycles. The highest BCUT2D eigenvalue weighted by Gasteiger charge is 2.21. The Balaban J connectivity index is 1.64. The van der Waals surface area contributed by atoms with E-state index in [-0.39, 0.29) is 11.8 Å². The maximum Gasteiger partial charge on any atom is 0.272 e. The molecule has 7 heteroatoms. The monoisotopic (exact) mass is 353 g/mol. The van der Waals surface area contributed by atoms with Crippen molar-refractivity contribution in [3.05, 3.63) is 48.3 Å². The summed E-state index contributed by atoms with van der Waals surface area (Å²) in [5.74, 6) is -0.145. The molecule has 0 unspecified atom stereocenters. The molecule has 0 aliphatic carbocycles. The minimum Gasteiger partial charge on any atom is -0.354 e. The largest absolute Gasteiger partial charge is 0.354 e. The SMILES string of the molecule is CC(=O)Nc1cccc(Nc2ccc(C(=O)N3CCN(C)CC3)nc2)c1. The van der Waals surface area contributed by atoms with Crippen molar-refractivity contribution in [1.29, 1.82) is 0 Å². The van der Waals surface area contributed by atoms with Crippen LogP contribution in [0.15, 0.2) is 42.6 Å². The second-order valence-corrected chi connectivity index (χ2v) is 6.41. The lowest BCUT2D eigenvalue weighted by Gasteiger charge is -2.32. The number of nitrogens with zero attached hydrogens (tertiary/aromatic N) is 3. The Morgan fingerprint density at radius 2 is 1.73 bits per heavy atom. The van der Waals surface area contributed by atoms with Gasteiger partial charge >= 0.3 is 0 Å². The van der Waals surface area contributed by atoms with Gasteiger partial charge in [-0.1, -0.05) is 6.07 Å². The van der Waals surface area contributed by atoms with Crippen molar-refractivity contribution in [3.8, 4) is 0 Å². The zero-order chi connectivity index (χ0) is 18.5. The number of carbonyl (C=O) groups is 2. The molecule has 0 saturated carbocycles. The van der Waals surface area contributed by atoms with Crippen molar-refractivity contribution < 1.29 is 9.59 Å². The summed E-state index contributed by atoms with van der Waals surface area (Å²) < 4.78 is 0. The summed E-state index contributed by atoms with van der Waals surface area (Å²) in [7, 11) is 2.06. The Kier molecular flexibility index (Phi) is 5.48. The van der Waals surface area contributed by atoms with Crippen LogP contribution in [0.25, 0.3) is 0 Å². The Labute approximate surface area is 153 Å². The molecule has 0 spiro atoms. The van der Waals surface area contributed by atoms with Gasteiger partial charge in [0.25, 0.3) is 5.91 Å². The van der Waals surface area contributed by atoms with E-state index in [1.165, 1.54) is 6.92 Å². The van der Waals surface area contributed by atoms with E-state index in [2.05, 4.69) is 27.6 Å². The van der Waals surface area contributed by atoms with Gasteiger partial charge in [-0.15, -0.1) is 0 Å². The molecule has 0 bridgehead atoms. The molecule has 1 aromatic carbocycles. The van der Waals surface area contributed by atoms with Gasteiger partial charge in [-0.2, -0.15) is 0 Å². The van der Waals surface area contributed by atoms with Crippen molar-refractivity contribution >= 4 is 28.9 Å². The number of nitrogens with one attached hydrogen (secondary N) is 2. The first kappa shape index (κ1) is 17.9. The van der Waals surface area contributed by atoms with E-state index in [1.54, 1.807) is 12.3 Å². The molecule has 7 nitrogen and oxygen atoms in total. The van der Waals surface area contributed by atoms with Crippen LogP contribution in [0.3, 0.4) is 0 Å². The molecule has 2 heterocycles. The van der Waals surface area contributed by atoms with Crippen LogP contribution in [0, 0.1) is 0 Å². The van der Waals surface area contributed by atoms with Crippen molar-refractivity contribution in [3.63, 3.8) is 0 Å². The number of benzene rings is 1. The van der Waals surface area contributed by atoms with E-state index >= 15 is 0 Å². The number of pyridine rings is 1. The van der Waals surface area contributed by atoms with Gasteiger partial charge in [0.1, 0.15) is 5.69 Å². The molecule has 26 heavy (non-hydrogen) atoms. The van der Waals surface area contributed by atoms with Crippen LogP contribution < -0.4 is 10.6 Å². The Morgan fingerprint density at radius 3 is 2.38 bits per heavy atom. The number of rotatable bonds is 4. The van der Waals surface area contributed by atoms with Gasteiger partial charge in [0.15, 0.2) is 0 Å². The van der Waals surface area contributed by atoms with Crippen LogP contribution in [0.4, 0.5) is 17.1 Å². The van der Waals surface area contributed by atoms with Gasteiger partial charge in [0.05, 0.1) is 11.9 Å². The summed E-state index contributed by atoms with van der Waals surface area (Å²) in [6, 6.07) is 11.0. The lowest BCUT2D eigenvalue weighted by atomic mass is 10.2. The van der Waals surface area contributed by atoms with E-state index in [9.17, 15) is 9.59 Å². The zero-order valence-electron chi connectivity index (χ0n) is 15.0. The van der Waals surface area contributed by atoms with Crippen molar-refractivity contribution in [1.82, 2.24) is 14.8 Å². The van der Waals surface area contributed by atoms with Crippen molar-refractivity contribution in [2.24, 2.45) is 0 Å². The van der Waals surface area contributed by atoms with Crippen LogP contribution in [0.5, 0.6) is 0 Å². The van der Waals surface area contributed by atoms with Gasteiger partial charge in [-0.3, -0.25) is 9.59 Å². The third-order valence-corrected chi connectivity index (χ3v) is 4.24. The molecule has 2 amide bonds. The average Bonchev–Trinajstić information content (AvgIpc) is 2.62. The Morgan fingerprint density at radius 1 is 1.00 bits per heavy atom. The maximum atomic E-state index is 12.5. The maximum absolute atomic E-state index is 12.5. The fraction of sp³-hybridized carbons (Fsp3) is 0.316. The number of amides is 2. The number of aromatic nitrogens is 1. The quantitative estimate of drug-likeness (QED) is 0.881. The highest BCUT2D eigenvalue weighted by Crippen LogP contribution is 2.20. The van der Waals surface area contributed by atoms with Crippen LogP contribution in [0.1, 0.15) is 17.4 Å². The fourth-order valence-corrected chi connectivity index (χ4v) is 2.81. The standard InChI is InChI=1S/C19H23N5O2/c1-14(25)21-15-4-3-5-16(12-15)22-17-6-7-18(20-13-17)19(26)24-10-8-23(2)9-11-24/h3-7,12-13,22H,8-11H2,1-2H3,(H,21,25). The first-order valence-corrected chi connectivity index (χ1v) is 8.60. The van der Waals surface area contributed by atoms with Crippen LogP contribution >= 0.6 is 0 Å². The minimum atomic E-state index is -0.115. The smallest absolute Gasteiger partial charge is 0.272 e. The third kappa shape index (κ3) is 4.58. The topological polar surface area (TPSA) is 77.6 Å². The Bertz CT molecular complexity index is 783. The number of anilines is 3. The lowest BCUT2D eigenvalue weighted by molar-refractivity contribution is -0.114. The molecule has 0 atom stereocenters. The molecule has 2 N–H and O–H groups in total. The molecular weight excluding hydrogens is 330 g/mol. The Hall–Kier alpha value is -2.93. The summed E-state index contributed by atoms with van der Waals surface area (Å²) in [4.78, 5) is 32.0. The van der Waals surface area contributed by atoms with E-state index < -0.39 is 0 Å². The highest BCUT2D eigenvalue weighted by atomic mass is 16.2. The number of carbonyl (C=O) groups excluding carboxylic acids is 2. The van der Waals surface area contributed by atoms with Gasteiger partial charge in [-0.05, 0) is 37.4 Å². The minimum absolute atomic E-state index is 0.0303. The van der Waals surface area contributed by atoms with Crippen molar-refractivity contribution in [2.75, 3.05) is 43.9 Å². The van der Waals surface area contributed by atoms with Gasteiger partial charge in [0.2, 0.25) is 5.91 Å². The van der Waals surface area contributed by atoms with Crippen LogP contribution in [-0.4, -0.2) is 59.8 Å². The molecule has 1 saturated heterocycles. The zero-order valence-corrected chi connectivity index (χ0v) is 15.0. The van der Waals surface area contributed by atoms with Gasteiger partial charge in [-0.25, -0.2) is 4.98 Å². The molecule has 1 fully saturated rings. The predicted molar refractivity (Wildman–Crippen MR) is 102 cm³/mol. The first-order chi connectivity index (χ1) is 12.5. The van der Waals surface area contributed by atoms with Gasteiger partial charge < -0.3 is 20.4 Å². The molecule has 1 aliphatic heterocycles. The summed E-state index contributed by atoms with van der Waals surface area (Å²) in [5, 5.41) is 5.97. The number of likely N-dealkylation sites (N-methyl/N-ethyl adjacent to an activating group) is 1. The third-order valence-electron chi connectivity index (χ3n) is 4.24. The van der Waals surface area contributed by atoms with Crippen LogP contribution in [0.2, 0.25) is 0 Å². The predicted octanol–water partition coefficient (Wildman–Crippen LogP) is 2.17. The molecule has 0 radical (unpaired) electrons. The van der Waals surface area contributed by atoms with E-state index in [4.69, 9.17) is 0 Å². The lowest BCUT2D eigenvalue weighted by Crippen LogP contribution is -2.47. The van der Waals surface area contributed by atoms with Gasteiger partial charge in [0, 0.05) is 44.5 Å². The summed E-state index contributed by atoms with van der Waals surface area (Å²) >= 11 is 0. The number of hydrogen-bond donors (Lipinski definition) is 2. The molecular formula is C19H23N5O2. The van der Waals surface area contributed by atoms with E-state index in [1.807, 2.05) is 35.2 Å². The van der Waals surface area contributed by atoms with Crippen LogP contribution in [-0.2, 0) is 4.79 Å². The number of hydrogen-bond acceptors (Lipinski definition) is 5. The second kappa shape index (κ2) is 7.97. The van der Waals surface area contributed by atoms with Crippen molar-refractivity contribution in [2.45, 2.75) is 6.92 Å². The molecule has 3 rings (SSSR count). The molecule has 2 aromatic rings. The normalized spacial score (nSPS) is 14.8. The van der Waals surface area contributed by atoms with E-state index in [0.717, 1.165) is 43.2 Å².